The second-order valence-corrected chi connectivity index (χ2v) is 5.35. The van der Waals surface area contributed by atoms with Crippen LogP contribution in [0.5, 0.6) is 5.75 Å². The number of hydrogen-bond acceptors (Lipinski definition) is 6. The van der Waals surface area contributed by atoms with E-state index in [1.807, 2.05) is 10.4 Å². The van der Waals surface area contributed by atoms with Gasteiger partial charge in [-0.25, -0.2) is 0 Å². The van der Waals surface area contributed by atoms with E-state index in [1.165, 1.54) is 11.3 Å². The van der Waals surface area contributed by atoms with Crippen LogP contribution >= 0.6 is 11.3 Å². The van der Waals surface area contributed by atoms with Gasteiger partial charge in [0.25, 0.3) is 0 Å². The summed E-state index contributed by atoms with van der Waals surface area (Å²) in [7, 11) is 0. The minimum atomic E-state index is -0.141. The first-order valence-electron chi connectivity index (χ1n) is 5.78. The summed E-state index contributed by atoms with van der Waals surface area (Å²) in [5.41, 5.74) is 6.94. The number of nitrogens with zero attached hydrogens (tertiary/aromatic N) is 1. The lowest BCUT2D eigenvalue weighted by atomic mass is 9.99. The summed E-state index contributed by atoms with van der Waals surface area (Å²) < 4.78 is 0. The fraction of sp³-hybridized carbons (Fsp3) is 0.545. The van der Waals surface area contributed by atoms with E-state index in [0.29, 0.717) is 6.54 Å². The first-order valence-corrected chi connectivity index (χ1v) is 6.66. The molecule has 1 saturated heterocycles. The summed E-state index contributed by atoms with van der Waals surface area (Å²) in [6, 6.07) is -0.0318. The Bertz CT molecular complexity index is 434. The normalized spacial score (nSPS) is 28.7. The number of aldehydes is 1. The van der Waals surface area contributed by atoms with Crippen molar-refractivity contribution in [3.63, 3.8) is 0 Å². The van der Waals surface area contributed by atoms with E-state index in [-0.39, 0.29) is 12.1 Å². The molecule has 0 aliphatic carbocycles. The molecular weight excluding hydrogens is 238 g/mol. The Labute approximate surface area is 103 Å². The van der Waals surface area contributed by atoms with Crippen molar-refractivity contribution in [2.75, 3.05) is 12.3 Å². The number of carbonyl (C=O) groups excluding carboxylic acids is 1. The second-order valence-electron chi connectivity index (χ2n) is 4.43. The van der Waals surface area contributed by atoms with Crippen LogP contribution in [-0.4, -0.2) is 30.0 Å². The standard InChI is InChI=1S/C11H15N3O2S/c12-11-7-4-14(16-10(7)6-17-11)9-2-1-3-13-8(9)5-15/h5-6,8-9,13H,1-4,12H2. The van der Waals surface area contributed by atoms with E-state index in [9.17, 15) is 4.79 Å². The lowest BCUT2D eigenvalue weighted by Crippen LogP contribution is -2.54. The number of rotatable bonds is 2. The zero-order valence-electron chi connectivity index (χ0n) is 9.39. The van der Waals surface area contributed by atoms with E-state index in [0.717, 1.165) is 42.0 Å². The maximum absolute atomic E-state index is 11.0. The Morgan fingerprint density at radius 3 is 3.29 bits per heavy atom. The van der Waals surface area contributed by atoms with Crippen LogP contribution < -0.4 is 15.9 Å². The van der Waals surface area contributed by atoms with Gasteiger partial charge in [-0.3, -0.25) is 0 Å². The van der Waals surface area contributed by atoms with Crippen molar-refractivity contribution >= 4 is 22.6 Å². The summed E-state index contributed by atoms with van der Waals surface area (Å²) in [5.74, 6) is 0.850. The quantitative estimate of drug-likeness (QED) is 0.762. The van der Waals surface area contributed by atoms with Gasteiger partial charge in [0.2, 0.25) is 0 Å². The number of hydrogen-bond donors (Lipinski definition) is 2. The molecule has 92 valence electrons. The van der Waals surface area contributed by atoms with Crippen LogP contribution in [0.4, 0.5) is 5.00 Å². The first-order chi connectivity index (χ1) is 8.29. The van der Waals surface area contributed by atoms with Crippen molar-refractivity contribution < 1.29 is 9.63 Å². The van der Waals surface area contributed by atoms with Gasteiger partial charge in [0.05, 0.1) is 23.6 Å². The minimum absolute atomic E-state index is 0.109. The Balaban J connectivity index is 1.76. The summed E-state index contributed by atoms with van der Waals surface area (Å²) in [4.78, 5) is 16.8. The van der Waals surface area contributed by atoms with Gasteiger partial charge in [-0.2, -0.15) is 0 Å². The van der Waals surface area contributed by atoms with E-state index in [4.69, 9.17) is 10.6 Å². The van der Waals surface area contributed by atoms with Gasteiger partial charge < -0.3 is 20.7 Å². The van der Waals surface area contributed by atoms with Gasteiger partial charge in [-0.15, -0.1) is 16.4 Å². The van der Waals surface area contributed by atoms with E-state index in [2.05, 4.69) is 5.32 Å². The average molecular weight is 253 g/mol. The molecule has 2 aliphatic heterocycles. The van der Waals surface area contributed by atoms with Crippen molar-refractivity contribution in [2.45, 2.75) is 31.5 Å². The molecule has 1 aromatic heterocycles. The van der Waals surface area contributed by atoms with Gasteiger partial charge in [-0.1, -0.05) is 0 Å². The molecule has 0 radical (unpaired) electrons. The summed E-state index contributed by atoms with van der Waals surface area (Å²) >= 11 is 1.50. The molecule has 0 amide bonds. The zero-order chi connectivity index (χ0) is 11.8. The maximum Gasteiger partial charge on any atom is 0.164 e. The van der Waals surface area contributed by atoms with Crippen molar-refractivity contribution in [3.8, 4) is 5.75 Å². The van der Waals surface area contributed by atoms with E-state index >= 15 is 0 Å². The highest BCUT2D eigenvalue weighted by Gasteiger charge is 2.36. The lowest BCUT2D eigenvalue weighted by molar-refractivity contribution is -0.124. The fourth-order valence-corrected chi connectivity index (χ4v) is 3.20. The number of nitrogens with two attached hydrogens (primary N) is 1. The van der Waals surface area contributed by atoms with E-state index < -0.39 is 0 Å². The van der Waals surface area contributed by atoms with Crippen molar-refractivity contribution in [1.82, 2.24) is 10.4 Å². The molecule has 0 spiro atoms. The van der Waals surface area contributed by atoms with Crippen LogP contribution in [0.1, 0.15) is 18.4 Å². The van der Waals surface area contributed by atoms with Crippen molar-refractivity contribution in [2.24, 2.45) is 0 Å². The van der Waals surface area contributed by atoms with E-state index in [1.54, 1.807) is 0 Å². The highest BCUT2D eigenvalue weighted by atomic mass is 32.1. The van der Waals surface area contributed by atoms with Gasteiger partial charge in [0.15, 0.2) is 5.75 Å². The average Bonchev–Trinajstić information content (AvgIpc) is 2.92. The third kappa shape index (κ3) is 1.82. The van der Waals surface area contributed by atoms with Crippen molar-refractivity contribution in [1.29, 1.82) is 0 Å². The number of fused-ring (bicyclic) bond motifs is 1. The van der Waals surface area contributed by atoms with Crippen LogP contribution in [0.15, 0.2) is 5.38 Å². The summed E-state index contributed by atoms with van der Waals surface area (Å²) in [6.45, 7) is 1.58. The highest BCUT2D eigenvalue weighted by Crippen LogP contribution is 2.39. The molecular formula is C11H15N3O2S. The smallest absolute Gasteiger partial charge is 0.164 e. The van der Waals surface area contributed by atoms with Crippen LogP contribution in [0, 0.1) is 0 Å². The highest BCUT2D eigenvalue weighted by molar-refractivity contribution is 7.14. The molecule has 0 saturated carbocycles. The molecule has 3 heterocycles. The predicted molar refractivity (Wildman–Crippen MR) is 65.8 cm³/mol. The molecule has 3 rings (SSSR count). The molecule has 6 heteroatoms. The Kier molecular flexibility index (Phi) is 2.78. The minimum Gasteiger partial charge on any atom is -0.404 e. The van der Waals surface area contributed by atoms with Gasteiger partial charge in [-0.05, 0) is 19.4 Å². The molecule has 2 atom stereocenters. The van der Waals surface area contributed by atoms with Gasteiger partial charge in [0, 0.05) is 10.9 Å². The number of hydroxylamine groups is 2. The van der Waals surface area contributed by atoms with Gasteiger partial charge >= 0.3 is 0 Å². The van der Waals surface area contributed by atoms with Crippen LogP contribution in [-0.2, 0) is 11.3 Å². The van der Waals surface area contributed by atoms with Crippen LogP contribution in [0.2, 0.25) is 0 Å². The molecule has 1 fully saturated rings. The number of piperidine rings is 1. The Morgan fingerprint density at radius 2 is 2.53 bits per heavy atom. The Hall–Kier alpha value is -1.11. The molecule has 17 heavy (non-hydrogen) atoms. The zero-order valence-corrected chi connectivity index (χ0v) is 10.2. The summed E-state index contributed by atoms with van der Waals surface area (Å²) in [6.07, 6.45) is 3.02. The molecule has 2 aliphatic rings. The number of nitrogen functional groups attached to an aromatic ring is 1. The Morgan fingerprint density at radius 1 is 1.65 bits per heavy atom. The number of carbonyl (C=O) groups is 1. The molecule has 0 aromatic carbocycles. The molecule has 1 aromatic rings. The molecule has 5 nitrogen and oxygen atoms in total. The number of thiophene rings is 1. The monoisotopic (exact) mass is 253 g/mol. The van der Waals surface area contributed by atoms with Crippen LogP contribution in [0.3, 0.4) is 0 Å². The van der Waals surface area contributed by atoms with Crippen LogP contribution in [0.25, 0.3) is 0 Å². The molecule has 3 N–H and O–H groups in total. The summed E-state index contributed by atoms with van der Waals surface area (Å²) in [5, 5.41) is 7.84. The van der Waals surface area contributed by atoms with Crippen molar-refractivity contribution in [3.05, 3.63) is 10.9 Å². The predicted octanol–water partition coefficient (Wildman–Crippen LogP) is 0.759. The molecule has 2 unspecified atom stereocenters. The third-order valence-corrected chi connectivity index (χ3v) is 4.24. The number of nitrogens with one attached hydrogen (secondary N) is 1. The topological polar surface area (TPSA) is 67.6 Å². The second kappa shape index (κ2) is 4.29. The molecule has 0 bridgehead atoms. The largest absolute Gasteiger partial charge is 0.404 e. The SMILES string of the molecule is Nc1scc2c1CN(C1CCCNC1C=O)O2. The third-order valence-electron chi connectivity index (χ3n) is 3.41. The van der Waals surface area contributed by atoms with Gasteiger partial charge in [0.1, 0.15) is 6.29 Å². The first kappa shape index (κ1) is 11.0. The number of anilines is 1. The fourth-order valence-electron chi connectivity index (χ4n) is 2.47. The maximum atomic E-state index is 11.0. The lowest BCUT2D eigenvalue weighted by Gasteiger charge is -2.34.